The number of aromatic nitrogens is 4. The Hall–Kier alpha value is -1.04. The fourth-order valence-electron chi connectivity index (χ4n) is 2.74. The molecule has 1 saturated heterocycles. The Morgan fingerprint density at radius 3 is 2.42 bits per heavy atom. The number of phosphoric acid groups is 2. The average Bonchev–Trinajstić information content (AvgIpc) is 3.13. The van der Waals surface area contributed by atoms with Crippen LogP contribution in [0, 0.1) is 0 Å². The minimum atomic E-state index is -5.39. The van der Waals surface area contributed by atoms with Crippen LogP contribution in [0.5, 0.6) is 0 Å². The molecule has 1 aliphatic heterocycles. The number of aliphatic hydroxyl groups is 1. The van der Waals surface area contributed by atoms with Crippen molar-refractivity contribution in [3.8, 4) is 0 Å². The van der Waals surface area contributed by atoms with Crippen LogP contribution in [0.1, 0.15) is 6.23 Å². The number of hydrogen-bond acceptors (Lipinski definition) is 13. The Morgan fingerprint density at radius 1 is 1.21 bits per heavy atom. The quantitative estimate of drug-likeness (QED) is 0.111. The third kappa shape index (κ3) is 7.47. The van der Waals surface area contributed by atoms with Crippen LogP contribution >= 0.6 is 15.6 Å². The molecule has 5 atom stereocenters. The van der Waals surface area contributed by atoms with Gasteiger partial charge in [-0.25, -0.2) is 24.1 Å². The second-order valence-electron chi connectivity index (χ2n) is 5.97. The van der Waals surface area contributed by atoms with Crippen molar-refractivity contribution in [3.05, 3.63) is 12.7 Å². The molecule has 0 bridgehead atoms. The number of fused-ring (bicyclic) bond motifs is 1. The zero-order valence-corrected chi connectivity index (χ0v) is 18.9. The van der Waals surface area contributed by atoms with E-state index in [1.165, 1.54) is 0 Å². The Morgan fingerprint density at radius 2 is 1.85 bits per heavy atom. The molecule has 1 unspecified atom stereocenters. The molecule has 3 rings (SSSR count). The van der Waals surface area contributed by atoms with E-state index in [9.17, 15) is 27.5 Å². The minimum Gasteiger partial charge on any atom is -0.412 e. The molecule has 23 heteroatoms. The zero-order valence-electron chi connectivity index (χ0n) is 16.3. The fraction of sp³-hybridized carbons (Fsp3) is 0.500. The van der Waals surface area contributed by atoms with E-state index in [-0.39, 0.29) is 41.3 Å². The summed E-state index contributed by atoms with van der Waals surface area (Å²) in [6, 6.07) is 0. The predicted molar refractivity (Wildman–Crippen MR) is 104 cm³/mol. The second kappa shape index (κ2) is 10.7. The Kier molecular flexibility index (Phi) is 9.72. The van der Waals surface area contributed by atoms with Crippen molar-refractivity contribution in [1.29, 1.82) is 0 Å². The van der Waals surface area contributed by atoms with Crippen molar-refractivity contribution < 1.29 is 65.1 Å². The number of nitrogens with two attached hydrogens (primary N) is 1. The number of aliphatic hydroxyl groups excluding tert-OH is 1. The first kappa shape index (κ1) is 30.0. The topological polar surface area (TPSA) is 307 Å². The van der Waals surface area contributed by atoms with Crippen molar-refractivity contribution >= 4 is 61.9 Å². The summed E-state index contributed by atoms with van der Waals surface area (Å²) in [6.45, 7) is -1.06. The number of imidazole rings is 1. The molecule has 33 heavy (non-hydrogen) atoms. The Labute approximate surface area is 196 Å². The zero-order chi connectivity index (χ0) is 23.2. The van der Waals surface area contributed by atoms with Crippen LogP contribution < -0.4 is 5.73 Å². The molecule has 1 aliphatic rings. The second-order valence-corrected chi connectivity index (χ2v) is 9.80. The van der Waals surface area contributed by atoms with Crippen molar-refractivity contribution in [3.63, 3.8) is 0 Å². The summed E-state index contributed by atoms with van der Waals surface area (Å²) in [7, 11) is -16.0. The van der Waals surface area contributed by atoms with Crippen LogP contribution in [0.15, 0.2) is 12.7 Å². The molecule has 183 valence electrons. The van der Waals surface area contributed by atoms with Crippen LogP contribution in [0.2, 0.25) is 0 Å². The number of nitrogens with zero attached hydrogens (tertiary/aromatic N) is 4. The van der Waals surface area contributed by atoms with E-state index in [2.05, 4.69) is 28.0 Å². The van der Waals surface area contributed by atoms with Gasteiger partial charge in [0.25, 0.3) is 0 Å². The van der Waals surface area contributed by atoms with Crippen LogP contribution in [0.4, 0.5) is 5.82 Å². The predicted octanol–water partition coefficient (Wildman–Crippen LogP) is -3.12. The third-order valence-corrected chi connectivity index (χ3v) is 6.32. The Balaban J connectivity index is 0.00000272. The Bertz CT molecular complexity index is 1170. The number of phosphoric ester groups is 2. The van der Waals surface area contributed by atoms with Crippen LogP contribution in [0.25, 0.3) is 11.2 Å². The van der Waals surface area contributed by atoms with Crippen LogP contribution in [0.3, 0.4) is 0 Å². The van der Waals surface area contributed by atoms with Gasteiger partial charge in [-0.1, -0.05) is 0 Å². The van der Waals surface area contributed by atoms with E-state index in [0.717, 1.165) is 17.2 Å². The summed E-state index contributed by atoms with van der Waals surface area (Å²) < 4.78 is 71.5. The molecule has 1 radical (unpaired) electrons. The number of ether oxygens (including phenoxy) is 1. The van der Waals surface area contributed by atoms with Gasteiger partial charge in [0, 0.05) is 18.9 Å². The first-order valence-electron chi connectivity index (χ1n) is 7.83. The minimum absolute atomic E-state index is 0. The maximum atomic E-state index is 11.6. The van der Waals surface area contributed by atoms with Crippen molar-refractivity contribution in [2.75, 3.05) is 12.3 Å². The van der Waals surface area contributed by atoms with Gasteiger partial charge in [-0.2, -0.15) is 8.42 Å². The van der Waals surface area contributed by atoms with Gasteiger partial charge in [0.1, 0.15) is 30.2 Å². The molecule has 2 aromatic heterocycles. The first-order chi connectivity index (χ1) is 14.2. The number of anilines is 1. The molecule has 0 aliphatic carbocycles. The van der Waals surface area contributed by atoms with Gasteiger partial charge in [0.15, 0.2) is 17.7 Å². The first-order valence-corrected chi connectivity index (χ1v) is 12.2. The smallest absolute Gasteiger partial charge is 0.412 e. The standard InChI is InChI=1S/C10H15N5O13P2S.Li.H2O/c11-8-5-9(13-2-12-8)15(3-14-5)10-6(16)7(27-29(17,18)19)4(26-10)1-25-30(20,21)28-31(22,23)24;;/h2-4,6-7,10,16H,1H2,(H,20,21)(H2,11,12,13)(H2,17,18,19)(H,22,23,24);;1H2/t4-,6-,7-,10-;;/m1../s1. The van der Waals surface area contributed by atoms with Crippen LogP contribution in [-0.2, 0) is 37.3 Å². The molecule has 1 fully saturated rings. The SMILES string of the molecule is Nc1ncnc2c1ncn2[C@@H]1O[C@H](COP(=O)(O)OS(=O)(=O)O)[C@@H](OP(=O)(O)O)[C@H]1O.O.[Li]. The summed E-state index contributed by atoms with van der Waals surface area (Å²) in [5.41, 5.74) is 5.85. The molecule has 3 heterocycles. The molecule has 0 saturated carbocycles. The summed E-state index contributed by atoms with van der Waals surface area (Å²) in [6.07, 6.45) is -4.54. The number of rotatable bonds is 8. The van der Waals surface area contributed by atoms with E-state index in [1.807, 2.05) is 0 Å². The molecule has 2 aromatic rings. The summed E-state index contributed by atoms with van der Waals surface area (Å²) >= 11 is 0. The van der Waals surface area contributed by atoms with Crippen molar-refractivity contribution in [2.45, 2.75) is 24.5 Å². The van der Waals surface area contributed by atoms with Gasteiger partial charge in [0.05, 0.1) is 12.9 Å². The van der Waals surface area contributed by atoms with Gasteiger partial charge in [-0.15, -0.1) is 3.97 Å². The van der Waals surface area contributed by atoms with E-state index in [1.54, 1.807) is 0 Å². The molecular weight excluding hydrogens is 515 g/mol. The van der Waals surface area contributed by atoms with Gasteiger partial charge in [-0.05, 0) is 0 Å². The third-order valence-electron chi connectivity index (χ3n) is 3.82. The molecule has 0 spiro atoms. The van der Waals surface area contributed by atoms with E-state index < -0.39 is 57.2 Å². The van der Waals surface area contributed by atoms with Gasteiger partial charge < -0.3 is 35.7 Å². The van der Waals surface area contributed by atoms with E-state index in [4.69, 9.17) is 24.8 Å². The van der Waals surface area contributed by atoms with Crippen LogP contribution in [-0.4, -0.2) is 102 Å². The maximum Gasteiger partial charge on any atom is 0.488 e. The average molecular weight is 532 g/mol. The number of nitrogen functional groups attached to an aromatic ring is 1. The molecule has 0 amide bonds. The normalized spacial score (nSPS) is 25.2. The van der Waals surface area contributed by atoms with Gasteiger partial charge >= 0.3 is 26.0 Å². The molecule has 9 N–H and O–H groups in total. The van der Waals surface area contributed by atoms with E-state index in [0.29, 0.717) is 0 Å². The monoisotopic (exact) mass is 532 g/mol. The van der Waals surface area contributed by atoms with Crippen molar-refractivity contribution in [1.82, 2.24) is 19.5 Å². The fourth-order valence-corrected chi connectivity index (χ4v) is 4.77. The van der Waals surface area contributed by atoms with Gasteiger partial charge in [0.2, 0.25) is 0 Å². The summed E-state index contributed by atoms with van der Waals surface area (Å²) in [5, 5.41) is 10.5. The number of hydrogen-bond donors (Lipinski definition) is 6. The largest absolute Gasteiger partial charge is 0.488 e. The van der Waals surface area contributed by atoms with Crippen molar-refractivity contribution in [2.24, 2.45) is 0 Å². The summed E-state index contributed by atoms with van der Waals surface area (Å²) in [4.78, 5) is 39.1. The van der Waals surface area contributed by atoms with Gasteiger partial charge in [-0.3, -0.25) is 18.2 Å². The van der Waals surface area contributed by atoms with E-state index >= 15 is 0 Å². The summed E-state index contributed by atoms with van der Waals surface area (Å²) in [5.74, 6) is -0.0114. The molecule has 19 nitrogen and oxygen atoms in total. The maximum absolute atomic E-state index is 11.6. The molecular formula is C10H17LiN5O14P2S. The molecule has 0 aromatic carbocycles.